The van der Waals surface area contributed by atoms with Gasteiger partial charge in [0.2, 0.25) is 11.7 Å². The molecule has 0 radical (unpaired) electrons. The van der Waals surface area contributed by atoms with Gasteiger partial charge in [-0.15, -0.1) is 0 Å². The first-order valence-corrected chi connectivity index (χ1v) is 4.21. The Morgan fingerprint density at radius 3 is 1.69 bits per heavy atom. The van der Waals surface area contributed by atoms with E-state index in [9.17, 15) is 26.7 Å². The summed E-state index contributed by atoms with van der Waals surface area (Å²) in [6, 6.07) is 0. The van der Waals surface area contributed by atoms with Crippen LogP contribution in [0.4, 0.5) is 27.6 Å². The monoisotopic (exact) mass is 239 g/mol. The van der Waals surface area contributed by atoms with Crippen molar-refractivity contribution in [2.24, 2.45) is 0 Å². The summed E-state index contributed by atoms with van der Waals surface area (Å²) >= 11 is 0. The second kappa shape index (κ2) is 4.46. The van der Waals surface area contributed by atoms with E-state index in [4.69, 9.17) is 0 Å². The minimum Gasteiger partial charge on any atom is -0.321 e. The molecule has 0 aliphatic rings. The second-order valence-corrected chi connectivity index (χ2v) is 2.85. The molecule has 0 spiro atoms. The average molecular weight is 239 g/mol. The molecule has 0 aliphatic heterocycles. The van der Waals surface area contributed by atoms with Crippen LogP contribution in [0.1, 0.15) is 13.3 Å². The lowest BCUT2D eigenvalue weighted by Crippen LogP contribution is -2.15. The number of rotatable bonds is 2. The molecular formula is C9H6F5NO. The molecule has 0 aliphatic carbocycles. The number of hydrogen-bond acceptors (Lipinski definition) is 1. The van der Waals surface area contributed by atoms with Crippen molar-refractivity contribution in [3.8, 4) is 0 Å². The van der Waals surface area contributed by atoms with E-state index < -0.39 is 40.7 Å². The van der Waals surface area contributed by atoms with E-state index in [2.05, 4.69) is 0 Å². The van der Waals surface area contributed by atoms with Crippen molar-refractivity contribution < 1.29 is 26.7 Å². The molecule has 1 N–H and O–H groups in total. The van der Waals surface area contributed by atoms with E-state index in [1.807, 2.05) is 0 Å². The van der Waals surface area contributed by atoms with Gasteiger partial charge >= 0.3 is 0 Å². The number of halogens is 5. The number of anilines is 1. The van der Waals surface area contributed by atoms with Crippen molar-refractivity contribution in [2.45, 2.75) is 13.3 Å². The summed E-state index contributed by atoms with van der Waals surface area (Å²) in [6.07, 6.45) is -0.153. The first-order valence-electron chi connectivity index (χ1n) is 4.21. The van der Waals surface area contributed by atoms with Crippen LogP contribution in [0.25, 0.3) is 0 Å². The van der Waals surface area contributed by atoms with Gasteiger partial charge in [0, 0.05) is 6.42 Å². The summed E-state index contributed by atoms with van der Waals surface area (Å²) < 4.78 is 63.8. The zero-order valence-electron chi connectivity index (χ0n) is 8.01. The minimum atomic E-state index is -2.26. The molecule has 88 valence electrons. The lowest BCUT2D eigenvalue weighted by Gasteiger charge is -2.08. The van der Waals surface area contributed by atoms with Crippen LogP contribution in [0, 0.1) is 29.1 Å². The summed E-state index contributed by atoms with van der Waals surface area (Å²) in [4.78, 5) is 10.8. The fourth-order valence-corrected chi connectivity index (χ4v) is 0.942. The van der Waals surface area contributed by atoms with Gasteiger partial charge in [-0.05, 0) is 0 Å². The zero-order chi connectivity index (χ0) is 12.5. The van der Waals surface area contributed by atoms with Crippen LogP contribution in [-0.4, -0.2) is 5.91 Å². The van der Waals surface area contributed by atoms with Crippen LogP contribution < -0.4 is 5.32 Å². The Hall–Kier alpha value is -1.66. The van der Waals surface area contributed by atoms with E-state index >= 15 is 0 Å². The first-order chi connectivity index (χ1) is 7.40. The molecule has 0 fully saturated rings. The highest BCUT2D eigenvalue weighted by Crippen LogP contribution is 2.27. The molecule has 0 bridgehead atoms. The number of benzene rings is 1. The summed E-state index contributed by atoms with van der Waals surface area (Å²) in [7, 11) is 0. The molecule has 0 atom stereocenters. The highest BCUT2D eigenvalue weighted by Gasteiger charge is 2.26. The van der Waals surface area contributed by atoms with Gasteiger partial charge < -0.3 is 5.32 Å². The average Bonchev–Trinajstić information content (AvgIpc) is 2.29. The third-order valence-electron chi connectivity index (χ3n) is 1.80. The fraction of sp³-hybridized carbons (Fsp3) is 0.222. The highest BCUT2D eigenvalue weighted by molar-refractivity contribution is 5.90. The molecule has 1 rings (SSSR count). The van der Waals surface area contributed by atoms with Crippen molar-refractivity contribution in [3.63, 3.8) is 0 Å². The lowest BCUT2D eigenvalue weighted by atomic mass is 10.2. The number of nitrogens with one attached hydrogen (secondary N) is 1. The largest absolute Gasteiger partial charge is 0.321 e. The summed E-state index contributed by atoms with van der Waals surface area (Å²) in [5.41, 5.74) is -1.33. The van der Waals surface area contributed by atoms with Crippen molar-refractivity contribution in [1.29, 1.82) is 0 Å². The summed E-state index contributed by atoms with van der Waals surface area (Å²) in [5.74, 6) is -11.4. The van der Waals surface area contributed by atoms with Gasteiger partial charge in [0.25, 0.3) is 0 Å². The Labute approximate surface area is 87.1 Å². The van der Waals surface area contributed by atoms with E-state index in [1.54, 1.807) is 5.32 Å². The van der Waals surface area contributed by atoms with Crippen molar-refractivity contribution >= 4 is 11.6 Å². The number of hydrogen-bond donors (Lipinski definition) is 1. The molecule has 1 aromatic rings. The fourth-order valence-electron chi connectivity index (χ4n) is 0.942. The zero-order valence-corrected chi connectivity index (χ0v) is 8.01. The normalized spacial score (nSPS) is 10.4. The van der Waals surface area contributed by atoms with E-state index in [-0.39, 0.29) is 6.42 Å². The summed E-state index contributed by atoms with van der Waals surface area (Å²) in [6.45, 7) is 1.36. The van der Waals surface area contributed by atoms with Crippen molar-refractivity contribution in [1.82, 2.24) is 0 Å². The molecule has 0 saturated heterocycles. The Morgan fingerprint density at radius 2 is 1.31 bits per heavy atom. The van der Waals surface area contributed by atoms with Crippen LogP contribution in [0.3, 0.4) is 0 Å². The molecular weight excluding hydrogens is 233 g/mol. The topological polar surface area (TPSA) is 29.1 Å². The number of amides is 1. The lowest BCUT2D eigenvalue weighted by molar-refractivity contribution is -0.115. The van der Waals surface area contributed by atoms with Crippen LogP contribution in [-0.2, 0) is 4.79 Å². The molecule has 1 amide bonds. The predicted molar refractivity (Wildman–Crippen MR) is 45.2 cm³/mol. The second-order valence-electron chi connectivity index (χ2n) is 2.85. The van der Waals surface area contributed by atoms with Gasteiger partial charge in [-0.3, -0.25) is 4.79 Å². The third kappa shape index (κ3) is 1.98. The predicted octanol–water partition coefficient (Wildman–Crippen LogP) is 2.73. The standard InChI is InChI=1S/C9H6F5NO/c1-2-3(16)15-9-7(13)5(11)4(10)6(12)8(9)14/h2H2,1H3,(H,15,16). The van der Waals surface area contributed by atoms with Crippen LogP contribution in [0.2, 0.25) is 0 Å². The molecule has 2 nitrogen and oxygen atoms in total. The minimum absolute atomic E-state index is 0.153. The summed E-state index contributed by atoms with van der Waals surface area (Å²) in [5, 5.41) is 1.60. The van der Waals surface area contributed by atoms with Crippen LogP contribution in [0.15, 0.2) is 0 Å². The molecule has 0 heterocycles. The van der Waals surface area contributed by atoms with Gasteiger partial charge in [0.15, 0.2) is 23.3 Å². The van der Waals surface area contributed by atoms with Crippen LogP contribution >= 0.6 is 0 Å². The highest BCUT2D eigenvalue weighted by atomic mass is 19.2. The van der Waals surface area contributed by atoms with E-state index in [0.29, 0.717) is 0 Å². The van der Waals surface area contributed by atoms with E-state index in [1.165, 1.54) is 6.92 Å². The smallest absolute Gasteiger partial charge is 0.224 e. The maximum absolute atomic E-state index is 13.0. The Kier molecular flexibility index (Phi) is 3.46. The Balaban J connectivity index is 3.34. The van der Waals surface area contributed by atoms with Gasteiger partial charge in [-0.1, -0.05) is 6.92 Å². The van der Waals surface area contributed by atoms with Gasteiger partial charge in [-0.2, -0.15) is 0 Å². The quantitative estimate of drug-likeness (QED) is 0.480. The Morgan fingerprint density at radius 1 is 0.938 bits per heavy atom. The van der Waals surface area contributed by atoms with Gasteiger partial charge in [0.1, 0.15) is 5.69 Å². The SMILES string of the molecule is CCC(=O)Nc1c(F)c(F)c(F)c(F)c1F. The molecule has 7 heteroatoms. The maximum Gasteiger partial charge on any atom is 0.224 e. The van der Waals surface area contributed by atoms with Gasteiger partial charge in [-0.25, -0.2) is 22.0 Å². The third-order valence-corrected chi connectivity index (χ3v) is 1.80. The first kappa shape index (κ1) is 12.4. The number of carbonyl (C=O) groups is 1. The molecule has 1 aromatic carbocycles. The molecule has 0 saturated carbocycles. The van der Waals surface area contributed by atoms with Crippen LogP contribution in [0.5, 0.6) is 0 Å². The van der Waals surface area contributed by atoms with Crippen molar-refractivity contribution in [2.75, 3.05) is 5.32 Å². The molecule has 0 aromatic heterocycles. The van der Waals surface area contributed by atoms with E-state index in [0.717, 1.165) is 0 Å². The van der Waals surface area contributed by atoms with Crippen molar-refractivity contribution in [3.05, 3.63) is 29.1 Å². The van der Waals surface area contributed by atoms with Gasteiger partial charge in [0.05, 0.1) is 0 Å². The molecule has 16 heavy (non-hydrogen) atoms. The number of carbonyl (C=O) groups excluding carboxylic acids is 1. The molecule has 0 unspecified atom stereocenters. The maximum atomic E-state index is 13.0. The Bertz CT molecular complexity index is 417.